The molecule has 0 aliphatic rings. The molecule has 15 heavy (non-hydrogen) atoms. The van der Waals surface area contributed by atoms with Crippen LogP contribution < -0.4 is 5.73 Å². The molecule has 0 spiro atoms. The number of halogens is 1. The zero-order valence-corrected chi connectivity index (χ0v) is 11.6. The van der Waals surface area contributed by atoms with Gasteiger partial charge >= 0.3 is 0 Å². The van der Waals surface area contributed by atoms with Gasteiger partial charge in [-0.15, -0.1) is 0 Å². The lowest BCUT2D eigenvalue weighted by Crippen LogP contribution is -2.27. The molecule has 0 aromatic carbocycles. The van der Waals surface area contributed by atoms with Gasteiger partial charge in [-0.05, 0) is 40.7 Å². The molecule has 3 nitrogen and oxygen atoms in total. The molecule has 0 aliphatic carbocycles. The summed E-state index contributed by atoms with van der Waals surface area (Å²) >= 11 is 3.62. The molecule has 0 saturated heterocycles. The standard InChI is InChI=1S/C11H20BrN3/c1-5-8-10(12)9(15(4)14-8)6-11(2,3)7-13/h5-7,13H2,1-4H3. The van der Waals surface area contributed by atoms with E-state index < -0.39 is 0 Å². The van der Waals surface area contributed by atoms with Crippen LogP contribution in [0.4, 0.5) is 0 Å². The van der Waals surface area contributed by atoms with Gasteiger partial charge in [0.1, 0.15) is 0 Å². The summed E-state index contributed by atoms with van der Waals surface area (Å²) < 4.78 is 3.11. The van der Waals surface area contributed by atoms with Crippen LogP contribution in [0.15, 0.2) is 4.47 Å². The fraction of sp³-hybridized carbons (Fsp3) is 0.727. The number of nitrogens with two attached hydrogens (primary N) is 1. The van der Waals surface area contributed by atoms with Gasteiger partial charge in [0.2, 0.25) is 0 Å². The fourth-order valence-electron chi connectivity index (χ4n) is 1.54. The Morgan fingerprint density at radius 1 is 1.47 bits per heavy atom. The Labute approximate surface area is 100 Å². The third-order valence-corrected chi connectivity index (χ3v) is 3.62. The van der Waals surface area contributed by atoms with E-state index in [9.17, 15) is 0 Å². The quantitative estimate of drug-likeness (QED) is 0.915. The minimum atomic E-state index is 0.126. The number of nitrogens with zero attached hydrogens (tertiary/aromatic N) is 2. The van der Waals surface area contributed by atoms with E-state index in [1.165, 1.54) is 5.69 Å². The minimum Gasteiger partial charge on any atom is -0.330 e. The summed E-state index contributed by atoms with van der Waals surface area (Å²) in [6.45, 7) is 7.16. The Bertz CT molecular complexity index is 342. The van der Waals surface area contributed by atoms with Crippen molar-refractivity contribution in [3.8, 4) is 0 Å². The first-order chi connectivity index (χ1) is 6.91. The Kier molecular flexibility index (Phi) is 3.95. The summed E-state index contributed by atoms with van der Waals surface area (Å²) in [7, 11) is 1.99. The summed E-state index contributed by atoms with van der Waals surface area (Å²) in [5, 5.41) is 4.48. The van der Waals surface area contributed by atoms with Crippen molar-refractivity contribution >= 4 is 15.9 Å². The molecule has 1 aromatic heterocycles. The largest absolute Gasteiger partial charge is 0.330 e. The van der Waals surface area contributed by atoms with Crippen LogP contribution in [0.3, 0.4) is 0 Å². The highest BCUT2D eigenvalue weighted by Crippen LogP contribution is 2.28. The molecular weight excluding hydrogens is 254 g/mol. The molecule has 0 radical (unpaired) electrons. The predicted octanol–water partition coefficient (Wildman–Crippen LogP) is 2.27. The molecule has 0 unspecified atom stereocenters. The van der Waals surface area contributed by atoms with E-state index in [1.807, 2.05) is 11.7 Å². The highest BCUT2D eigenvalue weighted by molar-refractivity contribution is 9.10. The van der Waals surface area contributed by atoms with E-state index >= 15 is 0 Å². The predicted molar refractivity (Wildman–Crippen MR) is 66.8 cm³/mol. The van der Waals surface area contributed by atoms with Gasteiger partial charge in [-0.2, -0.15) is 5.10 Å². The van der Waals surface area contributed by atoms with Crippen LogP contribution in [-0.2, 0) is 19.9 Å². The lowest BCUT2D eigenvalue weighted by Gasteiger charge is -2.22. The Morgan fingerprint density at radius 2 is 2.07 bits per heavy atom. The van der Waals surface area contributed by atoms with Gasteiger partial charge in [0.15, 0.2) is 0 Å². The topological polar surface area (TPSA) is 43.8 Å². The maximum atomic E-state index is 5.75. The van der Waals surface area contributed by atoms with E-state index in [4.69, 9.17) is 5.73 Å². The third kappa shape index (κ3) is 2.82. The van der Waals surface area contributed by atoms with Gasteiger partial charge in [-0.3, -0.25) is 4.68 Å². The minimum absolute atomic E-state index is 0.126. The third-order valence-electron chi connectivity index (χ3n) is 2.70. The molecule has 1 rings (SSSR count). The van der Waals surface area contributed by atoms with Crippen molar-refractivity contribution in [2.24, 2.45) is 18.2 Å². The molecule has 0 amide bonds. The van der Waals surface area contributed by atoms with Crippen LogP contribution >= 0.6 is 15.9 Å². The number of aryl methyl sites for hydroxylation is 2. The average Bonchev–Trinajstić information content (AvgIpc) is 2.45. The van der Waals surface area contributed by atoms with Gasteiger partial charge < -0.3 is 5.73 Å². The maximum Gasteiger partial charge on any atom is 0.0766 e. The molecule has 4 heteroatoms. The van der Waals surface area contributed by atoms with Crippen molar-refractivity contribution in [1.29, 1.82) is 0 Å². The average molecular weight is 274 g/mol. The zero-order valence-electron chi connectivity index (χ0n) is 9.97. The summed E-state index contributed by atoms with van der Waals surface area (Å²) in [5.41, 5.74) is 8.24. The van der Waals surface area contributed by atoms with Crippen molar-refractivity contribution < 1.29 is 0 Å². The molecule has 0 atom stereocenters. The summed E-state index contributed by atoms with van der Waals surface area (Å²) in [4.78, 5) is 0. The first-order valence-corrected chi connectivity index (χ1v) is 6.11. The fourth-order valence-corrected chi connectivity index (χ4v) is 2.29. The Balaban J connectivity index is 2.99. The van der Waals surface area contributed by atoms with E-state index in [-0.39, 0.29) is 5.41 Å². The summed E-state index contributed by atoms with van der Waals surface area (Å²) in [6, 6.07) is 0. The molecule has 1 heterocycles. The molecule has 0 saturated carbocycles. The van der Waals surface area contributed by atoms with Crippen LogP contribution in [0.25, 0.3) is 0 Å². The second-order valence-electron chi connectivity index (χ2n) is 4.73. The van der Waals surface area contributed by atoms with Gasteiger partial charge in [-0.25, -0.2) is 0 Å². The van der Waals surface area contributed by atoms with E-state index in [2.05, 4.69) is 41.8 Å². The first kappa shape index (κ1) is 12.7. The highest BCUT2D eigenvalue weighted by atomic mass is 79.9. The second kappa shape index (κ2) is 4.66. The second-order valence-corrected chi connectivity index (χ2v) is 5.52. The van der Waals surface area contributed by atoms with E-state index in [0.29, 0.717) is 6.54 Å². The molecule has 86 valence electrons. The van der Waals surface area contributed by atoms with E-state index in [1.54, 1.807) is 0 Å². The van der Waals surface area contributed by atoms with Crippen LogP contribution in [0.5, 0.6) is 0 Å². The number of hydrogen-bond acceptors (Lipinski definition) is 2. The number of aromatic nitrogens is 2. The van der Waals surface area contributed by atoms with Crippen LogP contribution in [-0.4, -0.2) is 16.3 Å². The van der Waals surface area contributed by atoms with Crippen LogP contribution in [0.1, 0.15) is 32.2 Å². The molecule has 0 bridgehead atoms. The van der Waals surface area contributed by atoms with Crippen LogP contribution in [0.2, 0.25) is 0 Å². The molecular formula is C11H20BrN3. The lowest BCUT2D eigenvalue weighted by atomic mass is 9.88. The summed E-state index contributed by atoms with van der Waals surface area (Å²) in [6.07, 6.45) is 1.91. The van der Waals surface area contributed by atoms with Crippen LogP contribution in [0, 0.1) is 5.41 Å². The lowest BCUT2D eigenvalue weighted by molar-refractivity contribution is 0.365. The van der Waals surface area contributed by atoms with Gasteiger partial charge in [0.05, 0.1) is 15.9 Å². The van der Waals surface area contributed by atoms with Crippen molar-refractivity contribution in [3.05, 3.63) is 15.9 Å². The number of hydrogen-bond donors (Lipinski definition) is 1. The molecule has 0 aliphatic heterocycles. The first-order valence-electron chi connectivity index (χ1n) is 5.31. The zero-order chi connectivity index (χ0) is 11.6. The smallest absolute Gasteiger partial charge is 0.0766 e. The molecule has 1 aromatic rings. The van der Waals surface area contributed by atoms with E-state index in [0.717, 1.165) is 23.0 Å². The highest BCUT2D eigenvalue weighted by Gasteiger charge is 2.22. The Morgan fingerprint density at radius 3 is 2.47 bits per heavy atom. The molecule has 0 fully saturated rings. The van der Waals surface area contributed by atoms with Crippen molar-refractivity contribution in [3.63, 3.8) is 0 Å². The number of rotatable bonds is 4. The van der Waals surface area contributed by atoms with Gasteiger partial charge in [0.25, 0.3) is 0 Å². The summed E-state index contributed by atoms with van der Waals surface area (Å²) in [5.74, 6) is 0. The van der Waals surface area contributed by atoms with Crippen molar-refractivity contribution in [2.45, 2.75) is 33.6 Å². The van der Waals surface area contributed by atoms with Crippen molar-refractivity contribution in [2.75, 3.05) is 6.54 Å². The SMILES string of the molecule is CCc1nn(C)c(CC(C)(C)CN)c1Br. The Hall–Kier alpha value is -0.350. The monoisotopic (exact) mass is 273 g/mol. The normalized spacial score (nSPS) is 12.1. The molecule has 2 N–H and O–H groups in total. The van der Waals surface area contributed by atoms with Crippen molar-refractivity contribution in [1.82, 2.24) is 9.78 Å². The van der Waals surface area contributed by atoms with Gasteiger partial charge in [0, 0.05) is 7.05 Å². The maximum absolute atomic E-state index is 5.75. The van der Waals surface area contributed by atoms with Gasteiger partial charge in [-0.1, -0.05) is 20.8 Å².